The first kappa shape index (κ1) is 19.1. The number of nitrogens with zero attached hydrogens (tertiary/aromatic N) is 1. The summed E-state index contributed by atoms with van der Waals surface area (Å²) in [5, 5.41) is 5.03. The van der Waals surface area contributed by atoms with E-state index < -0.39 is 0 Å². The Balaban J connectivity index is 1.87. The normalized spacial score (nSPS) is 14.2. The first-order valence-corrected chi connectivity index (χ1v) is 9.66. The van der Waals surface area contributed by atoms with E-state index in [0.717, 1.165) is 16.3 Å². The molecule has 3 rings (SSSR count). The smallest absolute Gasteiger partial charge is 0.278 e. The van der Waals surface area contributed by atoms with Crippen molar-refractivity contribution in [2.75, 3.05) is 32.2 Å². The summed E-state index contributed by atoms with van der Waals surface area (Å²) in [5.41, 5.74) is 1.45. The molecule has 2 aromatic rings. The lowest BCUT2D eigenvalue weighted by molar-refractivity contribution is -0.136. The van der Waals surface area contributed by atoms with Crippen LogP contribution in [0.1, 0.15) is 18.2 Å². The summed E-state index contributed by atoms with van der Waals surface area (Å²) in [6.45, 7) is 3.33. The lowest BCUT2D eigenvalue weighted by Crippen LogP contribution is -2.33. The second kappa shape index (κ2) is 8.83. The summed E-state index contributed by atoms with van der Waals surface area (Å²) in [6.07, 6.45) is 0.599. The van der Waals surface area contributed by atoms with Crippen molar-refractivity contribution in [1.29, 1.82) is 0 Å². The maximum atomic E-state index is 12.9. The van der Waals surface area contributed by atoms with Gasteiger partial charge in [-0.2, -0.15) is 0 Å². The van der Waals surface area contributed by atoms with E-state index in [0.29, 0.717) is 37.4 Å². The van der Waals surface area contributed by atoms with Gasteiger partial charge in [-0.05, 0) is 49.1 Å². The molecule has 0 aliphatic carbocycles. The summed E-state index contributed by atoms with van der Waals surface area (Å²) in [7, 11) is 1.60. The van der Waals surface area contributed by atoms with E-state index in [9.17, 15) is 9.59 Å². The highest BCUT2D eigenvalue weighted by molar-refractivity contribution is 7.11. The molecule has 0 unspecified atom stereocenters. The van der Waals surface area contributed by atoms with E-state index in [1.54, 1.807) is 7.11 Å². The number of ether oxygens (including phenoxy) is 2. The SMILES string of the molecule is CCOc1ccc(NC2=C(c3cccs3)C(=O)N(CCCOC)C2=O)cc1. The van der Waals surface area contributed by atoms with E-state index in [4.69, 9.17) is 9.47 Å². The Morgan fingerprint density at radius 1 is 1.11 bits per heavy atom. The van der Waals surface area contributed by atoms with Gasteiger partial charge >= 0.3 is 0 Å². The third-order valence-corrected chi connectivity index (χ3v) is 4.99. The molecule has 142 valence electrons. The van der Waals surface area contributed by atoms with E-state index in [1.165, 1.54) is 16.2 Å². The number of hydrogen-bond acceptors (Lipinski definition) is 6. The van der Waals surface area contributed by atoms with Gasteiger partial charge in [-0.1, -0.05) is 6.07 Å². The Morgan fingerprint density at radius 2 is 1.89 bits per heavy atom. The van der Waals surface area contributed by atoms with Crippen molar-refractivity contribution in [3.05, 3.63) is 52.4 Å². The predicted molar refractivity (Wildman–Crippen MR) is 106 cm³/mol. The van der Waals surface area contributed by atoms with Crippen LogP contribution in [0, 0.1) is 0 Å². The summed E-state index contributed by atoms with van der Waals surface area (Å²) >= 11 is 1.44. The quantitative estimate of drug-likeness (QED) is 0.529. The molecule has 0 radical (unpaired) electrons. The number of amides is 2. The van der Waals surface area contributed by atoms with Crippen LogP contribution in [0.5, 0.6) is 5.75 Å². The fraction of sp³-hybridized carbons (Fsp3) is 0.300. The Bertz CT molecular complexity index is 828. The monoisotopic (exact) mass is 386 g/mol. The molecule has 1 aliphatic heterocycles. The van der Waals surface area contributed by atoms with Gasteiger partial charge in [0.05, 0.1) is 12.2 Å². The number of benzene rings is 1. The highest BCUT2D eigenvalue weighted by Gasteiger charge is 2.39. The van der Waals surface area contributed by atoms with Crippen LogP contribution in [0.3, 0.4) is 0 Å². The summed E-state index contributed by atoms with van der Waals surface area (Å²) in [4.78, 5) is 27.9. The second-order valence-electron chi connectivity index (χ2n) is 5.92. The largest absolute Gasteiger partial charge is 0.494 e. The zero-order valence-corrected chi connectivity index (χ0v) is 16.2. The van der Waals surface area contributed by atoms with Crippen molar-refractivity contribution in [3.8, 4) is 5.75 Å². The van der Waals surface area contributed by atoms with Gasteiger partial charge in [0.25, 0.3) is 11.8 Å². The summed E-state index contributed by atoms with van der Waals surface area (Å²) in [6, 6.07) is 11.0. The fourth-order valence-corrected chi connectivity index (χ4v) is 3.63. The summed E-state index contributed by atoms with van der Waals surface area (Å²) < 4.78 is 10.5. The van der Waals surface area contributed by atoms with Crippen molar-refractivity contribution in [3.63, 3.8) is 0 Å². The van der Waals surface area contributed by atoms with Crippen molar-refractivity contribution < 1.29 is 19.1 Å². The van der Waals surface area contributed by atoms with Crippen LogP contribution in [0.15, 0.2) is 47.5 Å². The first-order chi connectivity index (χ1) is 13.2. The van der Waals surface area contributed by atoms with Crippen molar-refractivity contribution in [1.82, 2.24) is 4.90 Å². The molecule has 0 saturated carbocycles. The lowest BCUT2D eigenvalue weighted by Gasteiger charge is -2.15. The third kappa shape index (κ3) is 4.20. The molecule has 0 saturated heterocycles. The van der Waals surface area contributed by atoms with Gasteiger partial charge in [0.15, 0.2) is 0 Å². The zero-order valence-electron chi connectivity index (χ0n) is 15.4. The van der Waals surface area contributed by atoms with Crippen LogP contribution in [0.2, 0.25) is 0 Å². The molecule has 2 amide bonds. The average molecular weight is 386 g/mol. The van der Waals surface area contributed by atoms with E-state index in [1.807, 2.05) is 48.7 Å². The molecule has 6 nitrogen and oxygen atoms in total. The van der Waals surface area contributed by atoms with Crippen LogP contribution < -0.4 is 10.1 Å². The van der Waals surface area contributed by atoms with Crippen molar-refractivity contribution in [2.45, 2.75) is 13.3 Å². The topological polar surface area (TPSA) is 67.9 Å². The van der Waals surface area contributed by atoms with Crippen LogP contribution in [0.25, 0.3) is 5.57 Å². The van der Waals surface area contributed by atoms with Gasteiger partial charge in [0.1, 0.15) is 11.4 Å². The van der Waals surface area contributed by atoms with Gasteiger partial charge in [0, 0.05) is 30.8 Å². The number of anilines is 1. The van der Waals surface area contributed by atoms with Gasteiger partial charge in [-0.15, -0.1) is 11.3 Å². The zero-order chi connectivity index (χ0) is 19.2. The minimum absolute atomic E-state index is 0.271. The number of methoxy groups -OCH3 is 1. The van der Waals surface area contributed by atoms with Crippen LogP contribution in [0.4, 0.5) is 5.69 Å². The van der Waals surface area contributed by atoms with Crippen LogP contribution >= 0.6 is 11.3 Å². The van der Waals surface area contributed by atoms with Crippen molar-refractivity contribution >= 4 is 34.4 Å². The predicted octanol–water partition coefficient (Wildman–Crippen LogP) is 3.38. The Morgan fingerprint density at radius 3 is 2.52 bits per heavy atom. The standard InChI is InChI=1S/C20H22N2O4S/c1-3-26-15-9-7-14(8-10-15)21-18-17(16-6-4-13-27-16)19(23)22(20(18)24)11-5-12-25-2/h4,6-10,13,21H,3,5,11-12H2,1-2H3. The Labute approximate surface area is 162 Å². The molecule has 0 bridgehead atoms. The molecule has 0 atom stereocenters. The van der Waals surface area contributed by atoms with Gasteiger partial charge in [0.2, 0.25) is 0 Å². The summed E-state index contributed by atoms with van der Waals surface area (Å²) in [5.74, 6) is 0.172. The molecular weight excluding hydrogens is 364 g/mol. The average Bonchev–Trinajstić information content (AvgIpc) is 3.26. The molecule has 1 aromatic heterocycles. The minimum Gasteiger partial charge on any atom is -0.494 e. The maximum absolute atomic E-state index is 12.9. The number of thiophene rings is 1. The van der Waals surface area contributed by atoms with Crippen LogP contribution in [-0.2, 0) is 14.3 Å². The highest BCUT2D eigenvalue weighted by atomic mass is 32.1. The molecule has 7 heteroatoms. The van der Waals surface area contributed by atoms with Gasteiger partial charge < -0.3 is 14.8 Å². The molecule has 2 heterocycles. The third-order valence-electron chi connectivity index (χ3n) is 4.10. The number of hydrogen-bond donors (Lipinski definition) is 1. The molecular formula is C20H22N2O4S. The number of carbonyl (C=O) groups is 2. The molecule has 1 aliphatic rings. The van der Waals surface area contributed by atoms with Gasteiger partial charge in [-0.3, -0.25) is 14.5 Å². The Kier molecular flexibility index (Phi) is 6.26. The molecule has 27 heavy (non-hydrogen) atoms. The highest BCUT2D eigenvalue weighted by Crippen LogP contribution is 2.33. The van der Waals surface area contributed by atoms with E-state index in [-0.39, 0.29) is 11.8 Å². The molecule has 1 aromatic carbocycles. The number of carbonyl (C=O) groups excluding carboxylic acids is 2. The number of rotatable bonds is 9. The number of imide groups is 1. The Hall–Kier alpha value is -2.64. The maximum Gasteiger partial charge on any atom is 0.278 e. The van der Waals surface area contributed by atoms with Crippen molar-refractivity contribution in [2.24, 2.45) is 0 Å². The molecule has 0 fully saturated rings. The van der Waals surface area contributed by atoms with E-state index >= 15 is 0 Å². The fourth-order valence-electron chi connectivity index (χ4n) is 2.86. The van der Waals surface area contributed by atoms with Crippen LogP contribution in [-0.4, -0.2) is 43.6 Å². The molecule has 1 N–H and O–H groups in total. The lowest BCUT2D eigenvalue weighted by atomic mass is 10.2. The number of nitrogens with one attached hydrogen (secondary N) is 1. The van der Waals surface area contributed by atoms with E-state index in [2.05, 4.69) is 5.32 Å². The first-order valence-electron chi connectivity index (χ1n) is 8.79. The molecule has 0 spiro atoms. The van der Waals surface area contributed by atoms with Gasteiger partial charge in [-0.25, -0.2) is 0 Å². The second-order valence-corrected chi connectivity index (χ2v) is 6.87. The minimum atomic E-state index is -0.312.